The zero-order valence-corrected chi connectivity index (χ0v) is 33.1. The lowest BCUT2D eigenvalue weighted by atomic mass is 9.88. The topological polar surface area (TPSA) is 25.8 Å². The first kappa shape index (κ1) is 35.5. The van der Waals surface area contributed by atoms with Crippen molar-refractivity contribution in [3.05, 3.63) is 224 Å². The average molecular weight is 765 g/mol. The van der Waals surface area contributed by atoms with E-state index in [1.165, 1.54) is 54.6 Å². The molecule has 0 fully saturated rings. The second kappa shape index (κ2) is 15.2. The molecule has 0 radical (unpaired) electrons. The highest BCUT2D eigenvalue weighted by atomic mass is 14.9. The van der Waals surface area contributed by atoms with Crippen molar-refractivity contribution in [2.45, 2.75) is 12.8 Å². The van der Waals surface area contributed by atoms with Gasteiger partial charge in [-0.05, 0) is 114 Å². The van der Waals surface area contributed by atoms with Gasteiger partial charge in [-0.15, -0.1) is 0 Å². The molecule has 2 heteroatoms. The molecule has 0 atom stereocenters. The Morgan fingerprint density at radius 1 is 0.300 bits per heavy atom. The van der Waals surface area contributed by atoms with Crippen LogP contribution in [-0.4, -0.2) is 9.97 Å². The van der Waals surface area contributed by atoms with E-state index in [9.17, 15) is 0 Å². The van der Waals surface area contributed by atoms with Crippen molar-refractivity contribution in [3.63, 3.8) is 0 Å². The van der Waals surface area contributed by atoms with Crippen LogP contribution in [0.3, 0.4) is 0 Å². The van der Waals surface area contributed by atoms with Crippen LogP contribution in [0.1, 0.15) is 18.4 Å². The molecule has 9 aromatic carbocycles. The lowest BCUT2D eigenvalue weighted by molar-refractivity contribution is 1.04. The van der Waals surface area contributed by atoms with Crippen LogP contribution < -0.4 is 0 Å². The molecule has 1 aromatic heterocycles. The molecular formula is C58H40N2. The monoisotopic (exact) mass is 764 g/mol. The minimum Gasteiger partial charge on any atom is -0.228 e. The van der Waals surface area contributed by atoms with E-state index in [0.29, 0.717) is 5.82 Å². The van der Waals surface area contributed by atoms with E-state index in [4.69, 9.17) is 9.97 Å². The fraction of sp³-hybridized carbons (Fsp3) is 0.0345. The van der Waals surface area contributed by atoms with Gasteiger partial charge >= 0.3 is 0 Å². The third-order valence-corrected chi connectivity index (χ3v) is 11.9. The summed E-state index contributed by atoms with van der Waals surface area (Å²) in [7, 11) is 0. The standard InChI is InChI=1S/C58H40N2/c1-3-17-39(18-4-1)41-21-15-23-44(35-41)56-38-57(45-24-16-22-42(36-45)40-19-5-2-6-20-40)60-58(59-56)54-32-14-13-30-51(54)47-26-8-7-25-46(47)43-33-34-53-50-29-10-9-27-48(50)49-28-11-12-31-52(49)55(53)37-43/h1,3-5,7-38H,2,6H2. The normalized spacial score (nSPS) is 12.6. The molecule has 282 valence electrons. The highest BCUT2D eigenvalue weighted by Gasteiger charge is 2.18. The first-order chi connectivity index (χ1) is 29.7. The number of rotatable bonds is 7. The first-order valence-electron chi connectivity index (χ1n) is 20.8. The molecule has 1 aliphatic carbocycles. The molecule has 60 heavy (non-hydrogen) atoms. The van der Waals surface area contributed by atoms with Crippen LogP contribution in [0.4, 0.5) is 0 Å². The van der Waals surface area contributed by atoms with Gasteiger partial charge < -0.3 is 0 Å². The lowest BCUT2D eigenvalue weighted by Gasteiger charge is -2.17. The van der Waals surface area contributed by atoms with E-state index in [1.54, 1.807) is 0 Å². The van der Waals surface area contributed by atoms with Gasteiger partial charge in [-0.1, -0.05) is 194 Å². The van der Waals surface area contributed by atoms with Crippen molar-refractivity contribution in [1.82, 2.24) is 9.97 Å². The molecule has 0 amide bonds. The zero-order valence-electron chi connectivity index (χ0n) is 33.1. The molecule has 0 aliphatic heterocycles. The number of benzene rings is 9. The Balaban J connectivity index is 1.09. The minimum atomic E-state index is 0.691. The van der Waals surface area contributed by atoms with Gasteiger partial charge in [-0.3, -0.25) is 0 Å². The molecule has 1 heterocycles. The van der Waals surface area contributed by atoms with Crippen LogP contribution in [-0.2, 0) is 0 Å². The van der Waals surface area contributed by atoms with Crippen molar-refractivity contribution >= 4 is 37.9 Å². The van der Waals surface area contributed by atoms with Gasteiger partial charge in [-0.2, -0.15) is 0 Å². The number of fused-ring (bicyclic) bond motifs is 6. The number of hydrogen-bond donors (Lipinski definition) is 0. The SMILES string of the molecule is C1=CC(c2cccc(-c3cc(-c4cccc(-c5ccccc5)c4)nc(-c4ccccc4-c4ccccc4-c4ccc5c6ccccc6c6ccccc6c5c4)n3)c2)=CCC1. The highest BCUT2D eigenvalue weighted by Crippen LogP contribution is 2.42. The molecule has 0 N–H and O–H groups in total. The van der Waals surface area contributed by atoms with E-state index in [-0.39, 0.29) is 0 Å². The number of nitrogens with zero attached hydrogens (tertiary/aromatic N) is 2. The van der Waals surface area contributed by atoms with Gasteiger partial charge in [-0.25, -0.2) is 9.97 Å². The van der Waals surface area contributed by atoms with E-state index < -0.39 is 0 Å². The lowest BCUT2D eigenvalue weighted by Crippen LogP contribution is -1.98. The molecule has 2 nitrogen and oxygen atoms in total. The first-order valence-corrected chi connectivity index (χ1v) is 20.8. The fourth-order valence-corrected chi connectivity index (χ4v) is 9.00. The molecule has 0 saturated carbocycles. The number of aromatic nitrogens is 2. The van der Waals surface area contributed by atoms with Gasteiger partial charge in [0.1, 0.15) is 0 Å². The summed E-state index contributed by atoms with van der Waals surface area (Å²) in [6.45, 7) is 0. The summed E-state index contributed by atoms with van der Waals surface area (Å²) >= 11 is 0. The van der Waals surface area contributed by atoms with Crippen molar-refractivity contribution in [2.24, 2.45) is 0 Å². The summed E-state index contributed by atoms with van der Waals surface area (Å²) in [4.78, 5) is 10.8. The number of hydrogen-bond acceptors (Lipinski definition) is 2. The van der Waals surface area contributed by atoms with Crippen LogP contribution >= 0.6 is 0 Å². The smallest absolute Gasteiger partial charge is 0.161 e. The van der Waals surface area contributed by atoms with Crippen molar-refractivity contribution in [1.29, 1.82) is 0 Å². The maximum atomic E-state index is 5.41. The Morgan fingerprint density at radius 3 is 1.45 bits per heavy atom. The van der Waals surface area contributed by atoms with Crippen LogP contribution in [0.15, 0.2) is 218 Å². The summed E-state index contributed by atoms with van der Waals surface area (Å²) in [5.41, 5.74) is 14.2. The van der Waals surface area contributed by atoms with Gasteiger partial charge in [0.15, 0.2) is 5.82 Å². The Morgan fingerprint density at radius 2 is 0.800 bits per heavy atom. The van der Waals surface area contributed by atoms with Gasteiger partial charge in [0.2, 0.25) is 0 Å². The summed E-state index contributed by atoms with van der Waals surface area (Å²) < 4.78 is 0. The van der Waals surface area contributed by atoms with E-state index >= 15 is 0 Å². The predicted molar refractivity (Wildman–Crippen MR) is 254 cm³/mol. The minimum absolute atomic E-state index is 0.691. The largest absolute Gasteiger partial charge is 0.228 e. The molecule has 10 aromatic rings. The predicted octanol–water partition coefficient (Wildman–Crippen LogP) is 15.7. The molecule has 0 spiro atoms. The summed E-state index contributed by atoms with van der Waals surface area (Å²) in [6, 6.07) is 72.0. The highest BCUT2D eigenvalue weighted by molar-refractivity contribution is 6.25. The van der Waals surface area contributed by atoms with Crippen LogP contribution in [0.25, 0.3) is 105 Å². The van der Waals surface area contributed by atoms with E-state index in [0.717, 1.165) is 63.2 Å². The van der Waals surface area contributed by atoms with E-state index in [1.807, 2.05) is 0 Å². The molecule has 0 bridgehead atoms. The summed E-state index contributed by atoms with van der Waals surface area (Å²) in [5, 5.41) is 7.61. The second-order valence-corrected chi connectivity index (χ2v) is 15.6. The van der Waals surface area contributed by atoms with Gasteiger partial charge in [0.25, 0.3) is 0 Å². The van der Waals surface area contributed by atoms with Crippen molar-refractivity contribution in [3.8, 4) is 67.3 Å². The third kappa shape index (κ3) is 6.49. The van der Waals surface area contributed by atoms with E-state index in [2.05, 4.69) is 218 Å². The summed E-state index contributed by atoms with van der Waals surface area (Å²) in [5.74, 6) is 0.691. The molecule has 0 unspecified atom stereocenters. The molecule has 11 rings (SSSR count). The third-order valence-electron chi connectivity index (χ3n) is 11.9. The Kier molecular flexibility index (Phi) is 9.02. The molecule has 0 saturated heterocycles. The van der Waals surface area contributed by atoms with Crippen molar-refractivity contribution < 1.29 is 0 Å². The number of allylic oxidation sites excluding steroid dienone is 4. The van der Waals surface area contributed by atoms with Crippen LogP contribution in [0.5, 0.6) is 0 Å². The van der Waals surface area contributed by atoms with Crippen molar-refractivity contribution in [2.75, 3.05) is 0 Å². The molecule has 1 aliphatic rings. The average Bonchev–Trinajstić information content (AvgIpc) is 3.34. The van der Waals surface area contributed by atoms with Crippen LogP contribution in [0.2, 0.25) is 0 Å². The zero-order chi connectivity index (χ0) is 39.8. The fourth-order valence-electron chi connectivity index (χ4n) is 9.00. The second-order valence-electron chi connectivity index (χ2n) is 15.6. The van der Waals surface area contributed by atoms with Gasteiger partial charge in [0.05, 0.1) is 11.4 Å². The Bertz CT molecular complexity index is 3280. The Hall–Kier alpha value is -7.68. The maximum absolute atomic E-state index is 5.41. The Labute approximate surface area is 350 Å². The van der Waals surface area contributed by atoms with Crippen LogP contribution in [0, 0.1) is 0 Å². The van der Waals surface area contributed by atoms with Gasteiger partial charge in [0, 0.05) is 16.7 Å². The maximum Gasteiger partial charge on any atom is 0.161 e. The quantitative estimate of drug-likeness (QED) is 0.151. The molecular weight excluding hydrogens is 725 g/mol. The summed E-state index contributed by atoms with van der Waals surface area (Å²) in [6.07, 6.45) is 8.98.